The monoisotopic (exact) mass is 480 g/mol. The van der Waals surface area contributed by atoms with Crippen molar-refractivity contribution in [3.8, 4) is 11.1 Å². The Hall–Kier alpha value is -1.65. The van der Waals surface area contributed by atoms with Crippen LogP contribution in [-0.2, 0) is 20.3 Å². The molecule has 0 aliphatic carbocycles. The van der Waals surface area contributed by atoms with Gasteiger partial charge in [0.05, 0.1) is 39.2 Å². The second-order valence-corrected chi connectivity index (χ2v) is 10.3. The zero-order valence-electron chi connectivity index (χ0n) is 16.6. The number of ether oxygens (including phenoxy) is 1. The normalized spacial score (nSPS) is 19.5. The molecule has 5 rings (SSSR count). The average molecular weight is 481 g/mol. The first-order chi connectivity index (χ1) is 14.8. The van der Waals surface area contributed by atoms with Crippen molar-refractivity contribution in [1.82, 2.24) is 15.2 Å². The Morgan fingerprint density at radius 1 is 1.03 bits per heavy atom. The van der Waals surface area contributed by atoms with Gasteiger partial charge in [-0.15, -0.1) is 0 Å². The summed E-state index contributed by atoms with van der Waals surface area (Å²) in [6.07, 6.45) is 1.64. The second kappa shape index (κ2) is 7.74. The summed E-state index contributed by atoms with van der Waals surface area (Å²) in [5.74, 6) is 0. The van der Waals surface area contributed by atoms with Gasteiger partial charge in [0.15, 0.2) is 0 Å². The Morgan fingerprint density at radius 3 is 2.42 bits per heavy atom. The molecule has 0 amide bonds. The van der Waals surface area contributed by atoms with Gasteiger partial charge in [0, 0.05) is 48.9 Å². The minimum Gasteiger partial charge on any atom is -0.377 e. The lowest BCUT2D eigenvalue weighted by Crippen LogP contribution is -2.63. The van der Waals surface area contributed by atoms with Crippen molar-refractivity contribution in [2.24, 2.45) is 5.14 Å². The van der Waals surface area contributed by atoms with Crippen molar-refractivity contribution in [2.75, 3.05) is 39.4 Å². The highest BCUT2D eigenvalue weighted by molar-refractivity contribution is 7.89. The van der Waals surface area contributed by atoms with Gasteiger partial charge in [0.2, 0.25) is 10.0 Å². The highest BCUT2D eigenvalue weighted by atomic mass is 35.5. The summed E-state index contributed by atoms with van der Waals surface area (Å²) < 4.78 is 30.5. The molecule has 0 atom stereocenters. The SMILES string of the molecule is NS(=O)(=O)c1ccc(C2(N3CCNCC3)COC2)cc1-c1ccc(Cl)c2c(Cl)c[nH]c12. The van der Waals surface area contributed by atoms with Crippen LogP contribution in [0.25, 0.3) is 22.0 Å². The highest BCUT2D eigenvalue weighted by Crippen LogP contribution is 2.42. The van der Waals surface area contributed by atoms with Gasteiger partial charge < -0.3 is 15.0 Å². The summed E-state index contributed by atoms with van der Waals surface area (Å²) in [7, 11) is -3.96. The molecule has 0 saturated carbocycles. The Morgan fingerprint density at radius 2 is 1.77 bits per heavy atom. The predicted molar refractivity (Wildman–Crippen MR) is 122 cm³/mol. The quantitative estimate of drug-likeness (QED) is 0.532. The van der Waals surface area contributed by atoms with Crippen LogP contribution in [0, 0.1) is 0 Å². The number of nitrogens with one attached hydrogen (secondary N) is 2. The van der Waals surface area contributed by atoms with E-state index in [4.69, 9.17) is 33.1 Å². The fraction of sp³-hybridized carbons (Fsp3) is 0.333. The number of H-pyrrole nitrogens is 1. The van der Waals surface area contributed by atoms with Gasteiger partial charge in [-0.1, -0.05) is 35.3 Å². The number of nitrogens with two attached hydrogens (primary N) is 1. The Labute approximate surface area is 190 Å². The maximum absolute atomic E-state index is 12.5. The molecule has 2 aromatic carbocycles. The molecule has 2 aliphatic heterocycles. The molecule has 0 bridgehead atoms. The zero-order valence-corrected chi connectivity index (χ0v) is 18.9. The number of fused-ring (bicyclic) bond motifs is 1. The molecule has 0 spiro atoms. The Balaban J connectivity index is 1.73. The van der Waals surface area contributed by atoms with E-state index >= 15 is 0 Å². The minimum atomic E-state index is -3.96. The zero-order chi connectivity index (χ0) is 21.8. The first-order valence-electron chi connectivity index (χ1n) is 9.97. The number of primary sulfonamides is 1. The van der Waals surface area contributed by atoms with Gasteiger partial charge in [-0.25, -0.2) is 13.6 Å². The Kier molecular flexibility index (Phi) is 5.29. The molecule has 2 fully saturated rings. The molecule has 0 unspecified atom stereocenters. The van der Waals surface area contributed by atoms with Gasteiger partial charge in [-0.05, 0) is 23.8 Å². The largest absolute Gasteiger partial charge is 0.377 e. The van der Waals surface area contributed by atoms with Crippen molar-refractivity contribution < 1.29 is 13.2 Å². The number of halogens is 2. The number of rotatable bonds is 4. The summed E-state index contributed by atoms with van der Waals surface area (Å²) in [4.78, 5) is 5.59. The van der Waals surface area contributed by atoms with Crippen molar-refractivity contribution in [2.45, 2.75) is 10.4 Å². The third-order valence-corrected chi connectivity index (χ3v) is 7.84. The maximum atomic E-state index is 12.5. The molecule has 10 heteroatoms. The molecule has 2 saturated heterocycles. The van der Waals surface area contributed by atoms with E-state index in [1.54, 1.807) is 24.4 Å². The van der Waals surface area contributed by atoms with Crippen LogP contribution in [0.1, 0.15) is 5.56 Å². The van der Waals surface area contributed by atoms with Crippen LogP contribution in [-0.4, -0.2) is 57.7 Å². The van der Waals surface area contributed by atoms with Gasteiger partial charge in [0.25, 0.3) is 0 Å². The lowest BCUT2D eigenvalue weighted by Gasteiger charge is -2.51. The van der Waals surface area contributed by atoms with Gasteiger partial charge in [-0.2, -0.15) is 0 Å². The van der Waals surface area contributed by atoms with Crippen molar-refractivity contribution in [1.29, 1.82) is 0 Å². The number of nitrogens with zero attached hydrogens (tertiary/aromatic N) is 1. The maximum Gasteiger partial charge on any atom is 0.238 e. The third kappa shape index (κ3) is 3.47. The fourth-order valence-corrected chi connectivity index (χ4v) is 5.88. The number of hydrogen-bond donors (Lipinski definition) is 3. The summed E-state index contributed by atoms with van der Waals surface area (Å²) in [6.45, 7) is 4.72. The fourth-order valence-electron chi connectivity index (χ4n) is 4.59. The van der Waals surface area contributed by atoms with Gasteiger partial charge in [0.1, 0.15) is 0 Å². The molecule has 2 aliphatic rings. The molecule has 164 valence electrons. The van der Waals surface area contributed by atoms with E-state index in [1.165, 1.54) is 0 Å². The van der Waals surface area contributed by atoms with Crippen LogP contribution in [0.2, 0.25) is 10.0 Å². The number of aromatic amines is 1. The number of benzene rings is 2. The molecule has 0 radical (unpaired) electrons. The number of aromatic nitrogens is 1. The molecule has 7 nitrogen and oxygen atoms in total. The average Bonchev–Trinajstić information content (AvgIpc) is 3.10. The van der Waals surface area contributed by atoms with Crippen molar-refractivity contribution >= 4 is 44.1 Å². The lowest BCUT2D eigenvalue weighted by molar-refractivity contribution is -0.149. The van der Waals surface area contributed by atoms with Gasteiger partial charge in [-0.3, -0.25) is 4.90 Å². The van der Waals surface area contributed by atoms with Crippen LogP contribution in [0.5, 0.6) is 0 Å². The first-order valence-corrected chi connectivity index (χ1v) is 12.3. The molecule has 3 heterocycles. The van der Waals surface area contributed by atoms with Crippen molar-refractivity contribution in [3.63, 3.8) is 0 Å². The van der Waals surface area contributed by atoms with E-state index in [0.29, 0.717) is 45.3 Å². The predicted octanol–water partition coefficient (Wildman–Crippen LogP) is 2.92. The van der Waals surface area contributed by atoms with Crippen LogP contribution in [0.4, 0.5) is 0 Å². The molecule has 31 heavy (non-hydrogen) atoms. The third-order valence-electron chi connectivity index (χ3n) is 6.25. The molecule has 3 aromatic rings. The molecule has 4 N–H and O–H groups in total. The van der Waals surface area contributed by atoms with E-state index in [2.05, 4.69) is 15.2 Å². The minimum absolute atomic E-state index is 0.0568. The summed E-state index contributed by atoms with van der Waals surface area (Å²) in [6, 6.07) is 8.87. The smallest absolute Gasteiger partial charge is 0.238 e. The van der Waals surface area contributed by atoms with Crippen LogP contribution in [0.15, 0.2) is 41.4 Å². The summed E-state index contributed by atoms with van der Waals surface area (Å²) in [5, 5.41) is 10.6. The van der Waals surface area contributed by atoms with E-state index < -0.39 is 10.0 Å². The topological polar surface area (TPSA) is 100 Å². The molecule has 1 aromatic heterocycles. The second-order valence-electron chi connectivity index (χ2n) is 8.00. The lowest BCUT2D eigenvalue weighted by atomic mass is 9.84. The molecular formula is C21H22Cl2N4O3S. The van der Waals surface area contributed by atoms with Gasteiger partial charge >= 0.3 is 0 Å². The highest BCUT2D eigenvalue weighted by Gasteiger charge is 2.46. The molecular weight excluding hydrogens is 459 g/mol. The van der Waals surface area contributed by atoms with E-state index in [9.17, 15) is 8.42 Å². The Bertz CT molecular complexity index is 1270. The number of piperazine rings is 1. The standard InChI is InChI=1S/C21H22Cl2N4O3S/c22-16-3-2-14(20-19(16)17(23)10-26-20)15-9-13(1-4-18(15)31(24,28)29)21(11-30-12-21)27-7-5-25-6-8-27/h1-4,9-10,25-26H,5-8,11-12H2,(H2,24,28,29). The van der Waals surface area contributed by atoms with Crippen LogP contribution < -0.4 is 10.5 Å². The summed E-state index contributed by atoms with van der Waals surface area (Å²) in [5.41, 5.74) is 2.58. The van der Waals surface area contributed by atoms with E-state index in [-0.39, 0.29) is 10.4 Å². The van der Waals surface area contributed by atoms with Crippen LogP contribution >= 0.6 is 23.2 Å². The van der Waals surface area contributed by atoms with Crippen LogP contribution in [0.3, 0.4) is 0 Å². The number of hydrogen-bond acceptors (Lipinski definition) is 5. The summed E-state index contributed by atoms with van der Waals surface area (Å²) >= 11 is 12.7. The number of sulfonamides is 1. The first kappa shape index (κ1) is 21.2. The van der Waals surface area contributed by atoms with Crippen molar-refractivity contribution in [3.05, 3.63) is 52.1 Å². The van der Waals surface area contributed by atoms with E-state index in [0.717, 1.165) is 31.7 Å². The van der Waals surface area contributed by atoms with E-state index in [1.807, 2.05) is 12.1 Å².